The predicted molar refractivity (Wildman–Crippen MR) is 102 cm³/mol. The number of rotatable bonds is 8. The molecule has 0 saturated heterocycles. The van der Waals surface area contributed by atoms with Gasteiger partial charge in [-0.2, -0.15) is 0 Å². The number of hydrogen-bond acceptors (Lipinski definition) is 4. The van der Waals surface area contributed by atoms with Crippen molar-refractivity contribution in [1.29, 1.82) is 0 Å². The SMILES string of the molecule is COc1cccc(/C=C/C(=O)C(CN(C)C)CN(C)C)c1.Cl.Cl. The van der Waals surface area contributed by atoms with Crippen LogP contribution >= 0.6 is 24.8 Å². The third-order valence-electron chi connectivity index (χ3n) is 3.11. The van der Waals surface area contributed by atoms with Crippen LogP contribution in [0, 0.1) is 5.92 Å². The fourth-order valence-corrected chi connectivity index (χ4v) is 2.18. The molecule has 0 aliphatic rings. The lowest BCUT2D eigenvalue weighted by Gasteiger charge is -2.22. The molecule has 1 rings (SSSR count). The van der Waals surface area contributed by atoms with Crippen LogP contribution < -0.4 is 4.74 Å². The second kappa shape index (κ2) is 12.4. The number of ether oxygens (including phenoxy) is 1. The maximum Gasteiger partial charge on any atom is 0.161 e. The minimum Gasteiger partial charge on any atom is -0.497 e. The van der Waals surface area contributed by atoms with E-state index in [1.165, 1.54) is 0 Å². The molecule has 0 fully saturated rings. The normalized spacial score (nSPS) is 10.8. The highest BCUT2D eigenvalue weighted by Crippen LogP contribution is 2.14. The molecular weight excluding hydrogens is 335 g/mol. The molecule has 6 heteroatoms. The van der Waals surface area contributed by atoms with Gasteiger partial charge in [0.15, 0.2) is 5.78 Å². The molecular formula is C17H28Cl2N2O2. The number of carbonyl (C=O) groups excluding carboxylic acids is 1. The van der Waals surface area contributed by atoms with E-state index in [0.717, 1.165) is 24.4 Å². The topological polar surface area (TPSA) is 32.8 Å². The summed E-state index contributed by atoms with van der Waals surface area (Å²) in [6, 6.07) is 7.68. The molecule has 0 aromatic heterocycles. The van der Waals surface area contributed by atoms with Crippen LogP contribution in [0.5, 0.6) is 5.75 Å². The van der Waals surface area contributed by atoms with Crippen molar-refractivity contribution in [3.63, 3.8) is 0 Å². The first-order chi connectivity index (χ1) is 9.92. The summed E-state index contributed by atoms with van der Waals surface area (Å²) >= 11 is 0. The lowest BCUT2D eigenvalue weighted by molar-refractivity contribution is -0.119. The van der Waals surface area contributed by atoms with Gasteiger partial charge in [0.05, 0.1) is 7.11 Å². The minimum absolute atomic E-state index is 0. The standard InChI is InChI=1S/C17H26N2O2.2ClH/c1-18(2)12-15(13-19(3)4)17(20)10-9-14-7-6-8-16(11-14)21-5;;/h6-11,15H,12-13H2,1-5H3;2*1H/b10-9+;;. The molecule has 132 valence electrons. The molecule has 0 amide bonds. The Kier molecular flexibility index (Phi) is 13.0. The average molecular weight is 363 g/mol. The van der Waals surface area contributed by atoms with Crippen LogP contribution in [0.2, 0.25) is 0 Å². The number of ketones is 1. The zero-order valence-electron chi connectivity index (χ0n) is 14.5. The van der Waals surface area contributed by atoms with Crippen LogP contribution in [-0.2, 0) is 4.79 Å². The van der Waals surface area contributed by atoms with Crippen LogP contribution in [0.3, 0.4) is 0 Å². The first-order valence-corrected chi connectivity index (χ1v) is 7.08. The van der Waals surface area contributed by atoms with E-state index in [9.17, 15) is 4.79 Å². The molecule has 0 atom stereocenters. The lowest BCUT2D eigenvalue weighted by atomic mass is 10.0. The molecule has 0 radical (unpaired) electrons. The summed E-state index contributed by atoms with van der Waals surface area (Å²) in [6.45, 7) is 1.50. The Morgan fingerprint density at radius 3 is 2.17 bits per heavy atom. The van der Waals surface area contributed by atoms with Crippen molar-refractivity contribution in [2.45, 2.75) is 0 Å². The molecule has 1 aromatic carbocycles. The zero-order chi connectivity index (χ0) is 15.8. The number of methoxy groups -OCH3 is 1. The van der Waals surface area contributed by atoms with E-state index in [1.807, 2.05) is 68.3 Å². The quantitative estimate of drug-likeness (QED) is 0.665. The van der Waals surface area contributed by atoms with Gasteiger partial charge in [-0.05, 0) is 52.0 Å². The second-order valence-electron chi connectivity index (χ2n) is 5.73. The Labute approximate surface area is 152 Å². The summed E-state index contributed by atoms with van der Waals surface area (Å²) in [5, 5.41) is 0. The zero-order valence-corrected chi connectivity index (χ0v) is 16.1. The van der Waals surface area contributed by atoms with Crippen molar-refractivity contribution in [3.05, 3.63) is 35.9 Å². The molecule has 0 aliphatic carbocycles. The molecule has 0 spiro atoms. The summed E-state index contributed by atoms with van der Waals surface area (Å²) in [5.41, 5.74) is 0.969. The predicted octanol–water partition coefficient (Wildman–Crippen LogP) is 2.86. The first-order valence-electron chi connectivity index (χ1n) is 7.08. The highest BCUT2D eigenvalue weighted by atomic mass is 35.5. The Balaban J connectivity index is 0. The number of hydrogen-bond donors (Lipinski definition) is 0. The van der Waals surface area contributed by atoms with E-state index in [2.05, 4.69) is 0 Å². The van der Waals surface area contributed by atoms with Crippen LogP contribution in [0.25, 0.3) is 6.08 Å². The largest absolute Gasteiger partial charge is 0.497 e. The van der Waals surface area contributed by atoms with E-state index in [-0.39, 0.29) is 36.5 Å². The Bertz CT molecular complexity index is 481. The summed E-state index contributed by atoms with van der Waals surface area (Å²) in [6.07, 6.45) is 3.52. The van der Waals surface area contributed by atoms with Crippen molar-refractivity contribution in [1.82, 2.24) is 9.80 Å². The Hall–Kier alpha value is -1.07. The number of benzene rings is 1. The fraction of sp³-hybridized carbons (Fsp3) is 0.471. The molecule has 0 unspecified atom stereocenters. The van der Waals surface area contributed by atoms with Gasteiger partial charge in [-0.25, -0.2) is 0 Å². The Morgan fingerprint density at radius 2 is 1.70 bits per heavy atom. The van der Waals surface area contributed by atoms with E-state index < -0.39 is 0 Å². The van der Waals surface area contributed by atoms with Crippen molar-refractivity contribution in [2.75, 3.05) is 48.4 Å². The van der Waals surface area contributed by atoms with Crippen molar-refractivity contribution < 1.29 is 9.53 Å². The van der Waals surface area contributed by atoms with Gasteiger partial charge >= 0.3 is 0 Å². The van der Waals surface area contributed by atoms with Crippen LogP contribution in [0.15, 0.2) is 30.3 Å². The molecule has 0 heterocycles. The van der Waals surface area contributed by atoms with Gasteiger partial charge < -0.3 is 14.5 Å². The summed E-state index contributed by atoms with van der Waals surface area (Å²) < 4.78 is 5.18. The number of nitrogens with zero attached hydrogens (tertiary/aromatic N) is 2. The lowest BCUT2D eigenvalue weighted by Crippen LogP contribution is -2.34. The van der Waals surface area contributed by atoms with Crippen molar-refractivity contribution >= 4 is 36.7 Å². The van der Waals surface area contributed by atoms with Gasteiger partial charge in [0.2, 0.25) is 0 Å². The smallest absolute Gasteiger partial charge is 0.161 e. The van der Waals surface area contributed by atoms with Gasteiger partial charge in [-0.1, -0.05) is 18.2 Å². The van der Waals surface area contributed by atoms with Gasteiger partial charge in [0.25, 0.3) is 0 Å². The number of halogens is 2. The van der Waals surface area contributed by atoms with E-state index in [0.29, 0.717) is 0 Å². The molecule has 4 nitrogen and oxygen atoms in total. The first kappa shape index (κ1) is 24.2. The van der Waals surface area contributed by atoms with Crippen LogP contribution in [-0.4, -0.2) is 64.0 Å². The van der Waals surface area contributed by atoms with Gasteiger partial charge in [-0.15, -0.1) is 24.8 Å². The number of allylic oxidation sites excluding steroid dienone is 1. The molecule has 23 heavy (non-hydrogen) atoms. The summed E-state index contributed by atoms with van der Waals surface area (Å²) in [5.74, 6) is 0.930. The van der Waals surface area contributed by atoms with E-state index in [4.69, 9.17) is 4.74 Å². The molecule has 1 aromatic rings. The van der Waals surface area contributed by atoms with Gasteiger partial charge in [0.1, 0.15) is 5.75 Å². The van der Waals surface area contributed by atoms with E-state index >= 15 is 0 Å². The van der Waals surface area contributed by atoms with Gasteiger partial charge in [0, 0.05) is 19.0 Å². The maximum absolute atomic E-state index is 12.4. The number of carbonyl (C=O) groups is 1. The summed E-state index contributed by atoms with van der Waals surface area (Å²) in [4.78, 5) is 16.5. The fourth-order valence-electron chi connectivity index (χ4n) is 2.18. The van der Waals surface area contributed by atoms with Crippen LogP contribution in [0.1, 0.15) is 5.56 Å². The van der Waals surface area contributed by atoms with Crippen LogP contribution in [0.4, 0.5) is 0 Å². The monoisotopic (exact) mass is 362 g/mol. The minimum atomic E-state index is -0.0168. The second-order valence-corrected chi connectivity index (χ2v) is 5.73. The average Bonchev–Trinajstić information content (AvgIpc) is 2.43. The Morgan fingerprint density at radius 1 is 1.13 bits per heavy atom. The molecule has 0 bridgehead atoms. The third-order valence-corrected chi connectivity index (χ3v) is 3.11. The van der Waals surface area contributed by atoms with Gasteiger partial charge in [-0.3, -0.25) is 4.79 Å². The highest BCUT2D eigenvalue weighted by molar-refractivity contribution is 5.95. The van der Waals surface area contributed by atoms with Crippen molar-refractivity contribution in [3.8, 4) is 5.75 Å². The third kappa shape index (κ3) is 9.61. The maximum atomic E-state index is 12.4. The van der Waals surface area contributed by atoms with Crippen molar-refractivity contribution in [2.24, 2.45) is 5.92 Å². The summed E-state index contributed by atoms with van der Waals surface area (Å²) in [7, 11) is 9.59. The molecule has 0 saturated carbocycles. The van der Waals surface area contributed by atoms with E-state index in [1.54, 1.807) is 13.2 Å². The molecule has 0 aliphatic heterocycles. The molecule has 0 N–H and O–H groups in total. The highest BCUT2D eigenvalue weighted by Gasteiger charge is 2.17.